The summed E-state index contributed by atoms with van der Waals surface area (Å²) in [4.78, 5) is 26.4. The van der Waals surface area contributed by atoms with Gasteiger partial charge in [0.05, 0.1) is 5.92 Å². The summed E-state index contributed by atoms with van der Waals surface area (Å²) < 4.78 is 0. The third-order valence-electron chi connectivity index (χ3n) is 4.14. The first-order valence-electron chi connectivity index (χ1n) is 7.35. The molecule has 1 aliphatic carbocycles. The maximum absolute atomic E-state index is 12.5. The van der Waals surface area contributed by atoms with Gasteiger partial charge in [-0.1, -0.05) is 13.8 Å². The Morgan fingerprint density at radius 1 is 1.32 bits per heavy atom. The minimum atomic E-state index is -0.277. The van der Waals surface area contributed by atoms with Crippen molar-refractivity contribution in [1.29, 1.82) is 0 Å². The molecule has 3 N–H and O–H groups in total. The summed E-state index contributed by atoms with van der Waals surface area (Å²) in [5, 5.41) is 3.00. The third-order valence-corrected chi connectivity index (χ3v) is 4.14. The minimum absolute atomic E-state index is 0.0212. The van der Waals surface area contributed by atoms with Gasteiger partial charge >= 0.3 is 0 Å². The van der Waals surface area contributed by atoms with Gasteiger partial charge in [-0.3, -0.25) is 9.59 Å². The van der Waals surface area contributed by atoms with Crippen molar-refractivity contribution in [2.24, 2.45) is 17.6 Å². The topological polar surface area (TPSA) is 75.4 Å². The molecule has 0 spiro atoms. The second-order valence-electron chi connectivity index (χ2n) is 6.06. The Kier molecular flexibility index (Phi) is 4.45. The summed E-state index contributed by atoms with van der Waals surface area (Å²) in [6.45, 7) is 5.05. The Labute approximate surface area is 114 Å². The van der Waals surface area contributed by atoms with E-state index in [9.17, 15) is 9.59 Å². The zero-order valence-corrected chi connectivity index (χ0v) is 11.9. The number of amides is 2. The quantitative estimate of drug-likeness (QED) is 0.761. The molecule has 2 atom stereocenters. The van der Waals surface area contributed by atoms with Crippen LogP contribution in [0.1, 0.15) is 39.5 Å². The van der Waals surface area contributed by atoms with Gasteiger partial charge in [-0.25, -0.2) is 0 Å². The molecule has 2 rings (SSSR count). The zero-order valence-electron chi connectivity index (χ0n) is 11.9. The zero-order chi connectivity index (χ0) is 14.0. The Morgan fingerprint density at radius 3 is 2.53 bits per heavy atom. The van der Waals surface area contributed by atoms with Crippen molar-refractivity contribution < 1.29 is 9.59 Å². The summed E-state index contributed by atoms with van der Waals surface area (Å²) in [6, 6.07) is 0.0707. The van der Waals surface area contributed by atoms with Crippen LogP contribution < -0.4 is 11.1 Å². The maximum Gasteiger partial charge on any atom is 0.243 e. The van der Waals surface area contributed by atoms with Gasteiger partial charge in [0, 0.05) is 19.1 Å². The fraction of sp³-hybridized carbons (Fsp3) is 0.857. The molecule has 19 heavy (non-hydrogen) atoms. The van der Waals surface area contributed by atoms with Crippen LogP contribution in [0, 0.1) is 11.8 Å². The first-order valence-corrected chi connectivity index (χ1v) is 7.35. The van der Waals surface area contributed by atoms with Crippen LogP contribution in [0.2, 0.25) is 0 Å². The van der Waals surface area contributed by atoms with Crippen molar-refractivity contribution in [2.45, 2.75) is 51.6 Å². The van der Waals surface area contributed by atoms with Crippen molar-refractivity contribution in [2.75, 3.05) is 13.1 Å². The van der Waals surface area contributed by atoms with Crippen molar-refractivity contribution >= 4 is 11.8 Å². The fourth-order valence-electron chi connectivity index (χ4n) is 2.70. The molecule has 0 radical (unpaired) electrons. The van der Waals surface area contributed by atoms with Gasteiger partial charge in [0.2, 0.25) is 11.8 Å². The molecule has 2 amide bonds. The van der Waals surface area contributed by atoms with Crippen LogP contribution in [-0.2, 0) is 9.59 Å². The molecule has 108 valence electrons. The van der Waals surface area contributed by atoms with E-state index < -0.39 is 0 Å². The van der Waals surface area contributed by atoms with Gasteiger partial charge in [0.1, 0.15) is 6.04 Å². The molecular formula is C14H25N3O2. The van der Waals surface area contributed by atoms with Crippen molar-refractivity contribution in [3.8, 4) is 0 Å². The highest BCUT2D eigenvalue weighted by Crippen LogP contribution is 2.25. The molecule has 2 aliphatic rings. The molecule has 0 aromatic carbocycles. The normalized spacial score (nSPS) is 24.6. The van der Waals surface area contributed by atoms with E-state index in [1.807, 2.05) is 13.8 Å². The summed E-state index contributed by atoms with van der Waals surface area (Å²) in [5.41, 5.74) is 5.71. The van der Waals surface area contributed by atoms with Gasteiger partial charge in [0.15, 0.2) is 0 Å². The van der Waals surface area contributed by atoms with Crippen LogP contribution in [0.5, 0.6) is 0 Å². The molecule has 2 unspecified atom stereocenters. The van der Waals surface area contributed by atoms with Crippen LogP contribution in [0.4, 0.5) is 0 Å². The number of carbonyl (C=O) groups excluding carboxylic acids is 2. The highest BCUT2D eigenvalue weighted by Gasteiger charge is 2.38. The molecule has 5 heteroatoms. The Hall–Kier alpha value is -1.10. The smallest absolute Gasteiger partial charge is 0.243 e. The molecule has 1 heterocycles. The Balaban J connectivity index is 2.00. The van der Waals surface area contributed by atoms with Crippen molar-refractivity contribution in [3.63, 3.8) is 0 Å². The number of nitrogens with one attached hydrogen (secondary N) is 1. The molecule has 0 bridgehead atoms. The first kappa shape index (κ1) is 14.3. The Bertz CT molecular complexity index is 353. The van der Waals surface area contributed by atoms with E-state index in [-0.39, 0.29) is 29.7 Å². The number of hydrogen-bond donors (Lipinski definition) is 2. The van der Waals surface area contributed by atoms with Crippen LogP contribution in [0.3, 0.4) is 0 Å². The standard InChI is InChI=1S/C14H25N3O2/c1-9(2)11(8-15)14(19)17-7-3-4-12(17)13(18)16-10-5-6-10/h9-12H,3-8,15H2,1-2H3,(H,16,18). The first-order chi connectivity index (χ1) is 9.04. The summed E-state index contributed by atoms with van der Waals surface area (Å²) in [5.74, 6) is 0.110. The number of nitrogens with two attached hydrogens (primary N) is 1. The second-order valence-corrected chi connectivity index (χ2v) is 6.06. The summed E-state index contributed by atoms with van der Waals surface area (Å²) >= 11 is 0. The van der Waals surface area contributed by atoms with Gasteiger partial charge in [-0.05, 0) is 31.6 Å². The van der Waals surface area contributed by atoms with Crippen LogP contribution in [0.25, 0.3) is 0 Å². The lowest BCUT2D eigenvalue weighted by atomic mass is 9.94. The predicted octanol–water partition coefficient (Wildman–Crippen LogP) is 0.487. The molecule has 2 fully saturated rings. The SMILES string of the molecule is CC(C)C(CN)C(=O)N1CCCC1C(=O)NC1CC1. The second kappa shape index (κ2) is 5.90. The molecule has 1 aliphatic heterocycles. The molecule has 0 aromatic rings. The molecule has 5 nitrogen and oxygen atoms in total. The lowest BCUT2D eigenvalue weighted by molar-refractivity contribution is -0.142. The van der Waals surface area contributed by atoms with Crippen LogP contribution >= 0.6 is 0 Å². The predicted molar refractivity (Wildman–Crippen MR) is 73.3 cm³/mol. The number of rotatable bonds is 5. The lowest BCUT2D eigenvalue weighted by Crippen LogP contribution is -2.50. The van der Waals surface area contributed by atoms with Gasteiger partial charge in [-0.15, -0.1) is 0 Å². The van der Waals surface area contributed by atoms with Gasteiger partial charge < -0.3 is 16.0 Å². The monoisotopic (exact) mass is 267 g/mol. The largest absolute Gasteiger partial charge is 0.352 e. The van der Waals surface area contributed by atoms with E-state index in [1.54, 1.807) is 4.90 Å². The average Bonchev–Trinajstić information content (AvgIpc) is 3.03. The molecular weight excluding hydrogens is 242 g/mol. The lowest BCUT2D eigenvalue weighted by Gasteiger charge is -2.29. The van der Waals surface area contributed by atoms with Crippen LogP contribution in [0.15, 0.2) is 0 Å². The summed E-state index contributed by atoms with van der Waals surface area (Å²) in [7, 11) is 0. The van der Waals surface area contributed by atoms with Crippen molar-refractivity contribution in [1.82, 2.24) is 10.2 Å². The number of likely N-dealkylation sites (tertiary alicyclic amines) is 1. The minimum Gasteiger partial charge on any atom is -0.352 e. The molecule has 1 saturated heterocycles. The van der Waals surface area contributed by atoms with Crippen molar-refractivity contribution in [3.05, 3.63) is 0 Å². The van der Waals surface area contributed by atoms with E-state index in [0.29, 0.717) is 19.1 Å². The Morgan fingerprint density at radius 2 is 2.00 bits per heavy atom. The average molecular weight is 267 g/mol. The van der Waals surface area contributed by atoms with E-state index in [0.717, 1.165) is 25.7 Å². The summed E-state index contributed by atoms with van der Waals surface area (Å²) in [6.07, 6.45) is 3.83. The number of nitrogens with zero attached hydrogens (tertiary/aromatic N) is 1. The van der Waals surface area contributed by atoms with Gasteiger partial charge in [-0.2, -0.15) is 0 Å². The van der Waals surface area contributed by atoms with E-state index in [4.69, 9.17) is 5.73 Å². The van der Waals surface area contributed by atoms with E-state index in [1.165, 1.54) is 0 Å². The highest BCUT2D eigenvalue weighted by atomic mass is 16.2. The van der Waals surface area contributed by atoms with E-state index >= 15 is 0 Å². The number of carbonyl (C=O) groups is 2. The molecule has 0 aromatic heterocycles. The van der Waals surface area contributed by atoms with Gasteiger partial charge in [0.25, 0.3) is 0 Å². The molecule has 1 saturated carbocycles. The van der Waals surface area contributed by atoms with Crippen LogP contribution in [-0.4, -0.2) is 41.9 Å². The van der Waals surface area contributed by atoms with E-state index in [2.05, 4.69) is 5.32 Å². The highest BCUT2D eigenvalue weighted by molar-refractivity contribution is 5.89. The number of hydrogen-bond acceptors (Lipinski definition) is 3. The maximum atomic E-state index is 12.5. The fourth-order valence-corrected chi connectivity index (χ4v) is 2.70. The third kappa shape index (κ3) is 3.26.